The number of carbonyl (C=O) groups excluding carboxylic acids is 1. The van der Waals surface area contributed by atoms with Crippen LogP contribution in [0, 0.1) is 11.6 Å². The summed E-state index contributed by atoms with van der Waals surface area (Å²) in [4.78, 5) is 28.5. The van der Waals surface area contributed by atoms with Crippen LogP contribution in [-0.4, -0.2) is 10.9 Å². The first-order chi connectivity index (χ1) is 13.0. The Morgan fingerprint density at radius 3 is 2.59 bits per heavy atom. The minimum atomic E-state index is -0.973. The van der Waals surface area contributed by atoms with Crippen molar-refractivity contribution in [3.8, 4) is 11.3 Å². The van der Waals surface area contributed by atoms with Crippen molar-refractivity contribution in [1.29, 1.82) is 0 Å². The number of carbonyl (C=O) groups is 1. The molecule has 2 aromatic carbocycles. The summed E-state index contributed by atoms with van der Waals surface area (Å²) in [5.41, 5.74) is -0.298. The molecule has 0 atom stereocenters. The van der Waals surface area contributed by atoms with E-state index in [1.165, 1.54) is 6.07 Å². The van der Waals surface area contributed by atoms with Crippen LogP contribution in [0.4, 0.5) is 13.9 Å². The number of hydrogen-bond donors (Lipinski definition) is 1. The molecule has 2 heterocycles. The predicted molar refractivity (Wildman–Crippen MR) is 97.9 cm³/mol. The van der Waals surface area contributed by atoms with E-state index in [0.29, 0.717) is 11.3 Å². The van der Waals surface area contributed by atoms with E-state index < -0.39 is 28.7 Å². The average molecular weight is 384 g/mol. The van der Waals surface area contributed by atoms with Gasteiger partial charge >= 0.3 is 5.63 Å². The van der Waals surface area contributed by atoms with Crippen LogP contribution in [-0.2, 0) is 0 Å². The Balaban J connectivity index is 1.65. The molecule has 0 spiro atoms. The van der Waals surface area contributed by atoms with Crippen molar-refractivity contribution in [3.63, 3.8) is 0 Å². The van der Waals surface area contributed by atoms with Gasteiger partial charge < -0.3 is 4.42 Å². The molecule has 0 bridgehead atoms. The maximum absolute atomic E-state index is 13.7. The highest BCUT2D eigenvalue weighted by molar-refractivity contribution is 7.14. The van der Waals surface area contributed by atoms with E-state index in [4.69, 9.17) is 4.42 Å². The Morgan fingerprint density at radius 2 is 1.81 bits per heavy atom. The molecule has 0 saturated heterocycles. The van der Waals surface area contributed by atoms with Crippen molar-refractivity contribution < 1.29 is 18.0 Å². The Morgan fingerprint density at radius 1 is 1.07 bits per heavy atom. The summed E-state index contributed by atoms with van der Waals surface area (Å²) in [6.45, 7) is 0. The van der Waals surface area contributed by atoms with Crippen LogP contribution in [0.15, 0.2) is 63.1 Å². The molecule has 0 radical (unpaired) electrons. The fraction of sp³-hybridized carbons (Fsp3) is 0. The van der Waals surface area contributed by atoms with Crippen LogP contribution in [0.3, 0.4) is 0 Å². The predicted octanol–water partition coefficient (Wildman–Crippen LogP) is 4.45. The summed E-state index contributed by atoms with van der Waals surface area (Å²) < 4.78 is 32.7. The van der Waals surface area contributed by atoms with E-state index in [9.17, 15) is 18.4 Å². The zero-order valence-electron chi connectivity index (χ0n) is 13.5. The Labute approximate surface area is 154 Å². The smallest absolute Gasteiger partial charge is 0.345 e. The molecule has 4 aromatic rings. The first-order valence-electron chi connectivity index (χ1n) is 7.77. The number of halogens is 2. The number of benzene rings is 2. The third-order valence-electron chi connectivity index (χ3n) is 3.83. The first kappa shape index (κ1) is 17.0. The van der Waals surface area contributed by atoms with Gasteiger partial charge in [0.1, 0.15) is 22.8 Å². The lowest BCUT2D eigenvalue weighted by Crippen LogP contribution is -2.15. The monoisotopic (exact) mass is 384 g/mol. The third-order valence-corrected chi connectivity index (χ3v) is 4.59. The van der Waals surface area contributed by atoms with Gasteiger partial charge in [-0.2, -0.15) is 0 Å². The highest BCUT2D eigenvalue weighted by atomic mass is 32.1. The van der Waals surface area contributed by atoms with Gasteiger partial charge in [0.2, 0.25) is 0 Å². The lowest BCUT2D eigenvalue weighted by atomic mass is 10.1. The fourth-order valence-corrected chi connectivity index (χ4v) is 3.28. The Bertz CT molecular complexity index is 1210. The van der Waals surface area contributed by atoms with Gasteiger partial charge in [-0.25, -0.2) is 18.6 Å². The minimum Gasteiger partial charge on any atom is -0.422 e. The van der Waals surface area contributed by atoms with Crippen LogP contribution in [0.2, 0.25) is 0 Å². The second-order valence-corrected chi connectivity index (χ2v) is 6.43. The summed E-state index contributed by atoms with van der Waals surface area (Å²) in [5, 5.41) is 4.72. The van der Waals surface area contributed by atoms with Gasteiger partial charge in [-0.15, -0.1) is 11.3 Å². The average Bonchev–Trinajstić information content (AvgIpc) is 3.09. The van der Waals surface area contributed by atoms with Crippen LogP contribution >= 0.6 is 11.3 Å². The van der Waals surface area contributed by atoms with Gasteiger partial charge in [0.25, 0.3) is 5.91 Å². The second kappa shape index (κ2) is 6.73. The number of nitrogens with zero attached hydrogens (tertiary/aromatic N) is 1. The minimum absolute atomic E-state index is 0.102. The fourth-order valence-electron chi connectivity index (χ4n) is 2.57. The van der Waals surface area contributed by atoms with Crippen molar-refractivity contribution in [2.45, 2.75) is 0 Å². The summed E-state index contributed by atoms with van der Waals surface area (Å²) in [7, 11) is 0. The van der Waals surface area contributed by atoms with Crippen molar-refractivity contribution in [2.75, 3.05) is 5.32 Å². The molecular weight excluding hydrogens is 374 g/mol. The van der Waals surface area contributed by atoms with Crippen molar-refractivity contribution in [2.24, 2.45) is 0 Å². The standard InChI is InChI=1S/C19H10F2N2O3S/c20-12-5-3-6-13(21)16(12)17(24)23-19-22-14(9-27-19)11-8-10-4-1-2-7-15(10)26-18(11)25/h1-9H,(H,22,23,24). The van der Waals surface area contributed by atoms with Crippen LogP contribution in [0.1, 0.15) is 10.4 Å². The molecule has 5 nitrogen and oxygen atoms in total. The largest absolute Gasteiger partial charge is 0.422 e. The number of para-hydroxylation sites is 1. The lowest BCUT2D eigenvalue weighted by Gasteiger charge is -2.04. The molecular formula is C19H10F2N2O3S. The Hall–Kier alpha value is -3.39. The van der Waals surface area contributed by atoms with Gasteiger partial charge in [0.05, 0.1) is 11.3 Å². The molecule has 0 aliphatic rings. The molecule has 1 N–H and O–H groups in total. The van der Waals surface area contributed by atoms with E-state index >= 15 is 0 Å². The zero-order chi connectivity index (χ0) is 19.0. The molecule has 0 aliphatic carbocycles. The summed E-state index contributed by atoms with van der Waals surface area (Å²) in [6.07, 6.45) is 0. The Kier molecular flexibility index (Phi) is 4.25. The number of anilines is 1. The SMILES string of the molecule is O=C(Nc1nc(-c2cc3ccccc3oc2=O)cs1)c1c(F)cccc1F. The van der Waals surface area contributed by atoms with Gasteiger partial charge in [-0.1, -0.05) is 24.3 Å². The van der Waals surface area contributed by atoms with Crippen molar-refractivity contribution >= 4 is 33.3 Å². The number of hydrogen-bond acceptors (Lipinski definition) is 5. The molecule has 8 heteroatoms. The van der Waals surface area contributed by atoms with Gasteiger partial charge in [0, 0.05) is 10.8 Å². The lowest BCUT2D eigenvalue weighted by molar-refractivity contribution is 0.101. The zero-order valence-corrected chi connectivity index (χ0v) is 14.3. The van der Waals surface area contributed by atoms with Crippen molar-refractivity contribution in [1.82, 2.24) is 4.98 Å². The molecule has 0 aliphatic heterocycles. The summed E-state index contributed by atoms with van der Waals surface area (Å²) >= 11 is 1.02. The quantitative estimate of drug-likeness (QED) is 0.530. The van der Waals surface area contributed by atoms with E-state index in [1.54, 1.807) is 29.6 Å². The highest BCUT2D eigenvalue weighted by Gasteiger charge is 2.19. The normalized spacial score (nSPS) is 10.9. The van der Waals surface area contributed by atoms with E-state index in [0.717, 1.165) is 28.9 Å². The maximum atomic E-state index is 13.7. The number of nitrogens with one attached hydrogen (secondary N) is 1. The molecule has 1 amide bonds. The molecule has 2 aromatic heterocycles. The summed E-state index contributed by atoms with van der Waals surface area (Å²) in [5.74, 6) is -2.91. The molecule has 0 unspecified atom stereocenters. The highest BCUT2D eigenvalue weighted by Crippen LogP contribution is 2.26. The van der Waals surface area contributed by atoms with Crippen LogP contribution in [0.5, 0.6) is 0 Å². The van der Waals surface area contributed by atoms with E-state index in [-0.39, 0.29) is 10.7 Å². The van der Waals surface area contributed by atoms with Gasteiger partial charge in [0.15, 0.2) is 5.13 Å². The van der Waals surface area contributed by atoms with Crippen molar-refractivity contribution in [3.05, 3.63) is 81.5 Å². The number of rotatable bonds is 3. The number of fused-ring (bicyclic) bond motifs is 1. The second-order valence-electron chi connectivity index (χ2n) is 5.57. The molecule has 134 valence electrons. The molecule has 0 fully saturated rings. The van der Waals surface area contributed by atoms with Gasteiger partial charge in [-0.05, 0) is 24.3 Å². The first-order valence-corrected chi connectivity index (χ1v) is 8.65. The van der Waals surface area contributed by atoms with Crippen LogP contribution in [0.25, 0.3) is 22.2 Å². The summed E-state index contributed by atoms with van der Waals surface area (Å²) in [6, 6.07) is 11.8. The third kappa shape index (κ3) is 3.22. The molecule has 27 heavy (non-hydrogen) atoms. The van der Waals surface area contributed by atoms with Crippen LogP contribution < -0.4 is 10.9 Å². The van der Waals surface area contributed by atoms with E-state index in [1.807, 2.05) is 6.07 Å². The van der Waals surface area contributed by atoms with E-state index in [2.05, 4.69) is 10.3 Å². The van der Waals surface area contributed by atoms with Gasteiger partial charge in [-0.3, -0.25) is 10.1 Å². The number of aromatic nitrogens is 1. The number of amides is 1. The maximum Gasteiger partial charge on any atom is 0.345 e. The number of thiazole rings is 1. The molecule has 4 rings (SSSR count). The topological polar surface area (TPSA) is 72.2 Å². The molecule has 0 saturated carbocycles.